The van der Waals surface area contributed by atoms with Crippen LogP contribution in [0.25, 0.3) is 0 Å². The van der Waals surface area contributed by atoms with E-state index in [1.54, 1.807) is 6.07 Å². The lowest BCUT2D eigenvalue weighted by Crippen LogP contribution is -2.28. The Hall–Kier alpha value is -2.27. The van der Waals surface area contributed by atoms with Crippen LogP contribution in [-0.2, 0) is 13.1 Å². The molecule has 0 aliphatic carbocycles. The van der Waals surface area contributed by atoms with Gasteiger partial charge in [-0.05, 0) is 30.5 Å². The van der Waals surface area contributed by atoms with E-state index in [4.69, 9.17) is 0 Å². The lowest BCUT2D eigenvalue weighted by atomic mass is 10.1. The van der Waals surface area contributed by atoms with E-state index in [-0.39, 0.29) is 5.91 Å². The molecule has 1 aliphatic rings. The van der Waals surface area contributed by atoms with Gasteiger partial charge in [0.15, 0.2) is 0 Å². The van der Waals surface area contributed by atoms with E-state index in [9.17, 15) is 4.79 Å². The van der Waals surface area contributed by atoms with Gasteiger partial charge < -0.3 is 5.32 Å². The zero-order valence-electron chi connectivity index (χ0n) is 12.7. The molecule has 114 valence electrons. The van der Waals surface area contributed by atoms with Crippen molar-refractivity contribution in [2.45, 2.75) is 26.4 Å². The number of benzene rings is 1. The van der Waals surface area contributed by atoms with Gasteiger partial charge in [0.2, 0.25) is 0 Å². The summed E-state index contributed by atoms with van der Waals surface area (Å²) in [5.41, 5.74) is 4.07. The number of aromatic nitrogens is 2. The van der Waals surface area contributed by atoms with Crippen molar-refractivity contribution < 1.29 is 4.79 Å². The number of hydrogen-bond donors (Lipinski definition) is 1. The van der Waals surface area contributed by atoms with Crippen LogP contribution in [0.3, 0.4) is 0 Å². The van der Waals surface area contributed by atoms with Crippen molar-refractivity contribution in [1.29, 1.82) is 0 Å². The molecule has 1 aliphatic heterocycles. The summed E-state index contributed by atoms with van der Waals surface area (Å²) >= 11 is 0. The largest absolute Gasteiger partial charge is 0.351 e. The van der Waals surface area contributed by atoms with E-state index in [2.05, 4.69) is 44.5 Å². The molecule has 0 radical (unpaired) electrons. The first-order chi connectivity index (χ1) is 10.7. The molecule has 1 aromatic heterocycles. The molecule has 0 fully saturated rings. The number of nitrogens with zero attached hydrogens (tertiary/aromatic N) is 3. The maximum atomic E-state index is 12.0. The van der Waals surface area contributed by atoms with Crippen LogP contribution < -0.4 is 5.32 Å². The van der Waals surface area contributed by atoms with Crippen molar-refractivity contribution in [2.75, 3.05) is 13.1 Å². The van der Waals surface area contributed by atoms with Gasteiger partial charge in [-0.2, -0.15) is 0 Å². The number of nitrogens with one attached hydrogen (secondary N) is 1. The van der Waals surface area contributed by atoms with Crippen LogP contribution in [0.4, 0.5) is 0 Å². The molecule has 3 rings (SSSR count). The second kappa shape index (κ2) is 6.66. The highest BCUT2D eigenvalue weighted by molar-refractivity contribution is 5.92. The number of rotatable bonds is 5. The minimum absolute atomic E-state index is 0.129. The Morgan fingerprint density at radius 2 is 1.95 bits per heavy atom. The van der Waals surface area contributed by atoms with Crippen molar-refractivity contribution >= 4 is 5.91 Å². The molecular formula is C17H20N4O. The summed E-state index contributed by atoms with van der Waals surface area (Å²) in [5, 5.41) is 2.92. The summed E-state index contributed by atoms with van der Waals surface area (Å²) in [6.45, 7) is 5.51. The van der Waals surface area contributed by atoms with E-state index < -0.39 is 0 Å². The van der Waals surface area contributed by atoms with Gasteiger partial charge in [-0.3, -0.25) is 9.69 Å². The number of fused-ring (bicyclic) bond motifs is 1. The van der Waals surface area contributed by atoms with Crippen molar-refractivity contribution in [2.24, 2.45) is 0 Å². The Morgan fingerprint density at radius 3 is 2.64 bits per heavy atom. The van der Waals surface area contributed by atoms with E-state index in [0.29, 0.717) is 12.2 Å². The lowest BCUT2D eigenvalue weighted by molar-refractivity contribution is 0.0946. The molecule has 22 heavy (non-hydrogen) atoms. The minimum Gasteiger partial charge on any atom is -0.351 e. The third-order valence-electron chi connectivity index (χ3n) is 3.88. The highest BCUT2D eigenvalue weighted by Crippen LogP contribution is 2.21. The number of amides is 1. The summed E-state index contributed by atoms with van der Waals surface area (Å²) in [6, 6.07) is 10.3. The van der Waals surface area contributed by atoms with Crippen LogP contribution in [0, 0.1) is 6.92 Å². The quantitative estimate of drug-likeness (QED) is 0.857. The summed E-state index contributed by atoms with van der Waals surface area (Å²) < 4.78 is 0. The topological polar surface area (TPSA) is 58.1 Å². The molecule has 0 unspecified atom stereocenters. The molecule has 2 aromatic rings. The van der Waals surface area contributed by atoms with Gasteiger partial charge >= 0.3 is 0 Å². The number of carbonyl (C=O) groups is 1. The minimum atomic E-state index is -0.129. The van der Waals surface area contributed by atoms with Crippen LogP contribution in [0.5, 0.6) is 0 Å². The number of hydrogen-bond acceptors (Lipinski definition) is 4. The van der Waals surface area contributed by atoms with Crippen molar-refractivity contribution in [3.05, 3.63) is 59.2 Å². The predicted octanol–water partition coefficient (Wildman–Crippen LogP) is 1.92. The first kappa shape index (κ1) is 14.7. The molecule has 1 aromatic carbocycles. The zero-order valence-corrected chi connectivity index (χ0v) is 12.7. The molecule has 1 amide bonds. The molecule has 0 saturated carbocycles. The van der Waals surface area contributed by atoms with Gasteiger partial charge in [0.25, 0.3) is 5.91 Å². The van der Waals surface area contributed by atoms with Crippen LogP contribution in [0.2, 0.25) is 0 Å². The molecule has 5 nitrogen and oxygen atoms in total. The summed E-state index contributed by atoms with van der Waals surface area (Å²) in [7, 11) is 0. The van der Waals surface area contributed by atoms with Gasteiger partial charge in [-0.15, -0.1) is 0 Å². The monoisotopic (exact) mass is 296 g/mol. The first-order valence-electron chi connectivity index (χ1n) is 7.58. The Balaban J connectivity index is 1.41. The summed E-state index contributed by atoms with van der Waals surface area (Å²) in [5.74, 6) is -0.129. The maximum absolute atomic E-state index is 12.0. The highest BCUT2D eigenvalue weighted by atomic mass is 16.1. The van der Waals surface area contributed by atoms with Crippen molar-refractivity contribution in [3.63, 3.8) is 0 Å². The molecule has 0 atom stereocenters. The van der Waals surface area contributed by atoms with Gasteiger partial charge in [0.05, 0.1) is 0 Å². The standard InChI is InChI=1S/C17H20N4O/c1-13-9-16(20-12-19-13)17(22)18-7-4-8-21-10-14-5-2-3-6-15(14)11-21/h2-3,5-6,9,12H,4,7-8,10-11H2,1H3,(H,18,22). The number of carbonyl (C=O) groups excluding carboxylic acids is 1. The van der Waals surface area contributed by atoms with E-state index in [1.807, 2.05) is 6.92 Å². The Kier molecular flexibility index (Phi) is 4.44. The van der Waals surface area contributed by atoms with E-state index >= 15 is 0 Å². The molecule has 2 heterocycles. The van der Waals surface area contributed by atoms with E-state index in [0.717, 1.165) is 31.7 Å². The van der Waals surface area contributed by atoms with Gasteiger partial charge in [0, 0.05) is 31.9 Å². The van der Waals surface area contributed by atoms with Crippen LogP contribution in [0.15, 0.2) is 36.7 Å². The smallest absolute Gasteiger partial charge is 0.270 e. The summed E-state index contributed by atoms with van der Waals surface area (Å²) in [4.78, 5) is 22.3. The van der Waals surface area contributed by atoms with E-state index in [1.165, 1.54) is 17.5 Å². The van der Waals surface area contributed by atoms with Crippen molar-refractivity contribution in [1.82, 2.24) is 20.2 Å². The fourth-order valence-corrected chi connectivity index (χ4v) is 2.74. The SMILES string of the molecule is Cc1cc(C(=O)NCCCN2Cc3ccccc3C2)ncn1. The van der Waals surface area contributed by atoms with Gasteiger partial charge in [0.1, 0.15) is 12.0 Å². The molecule has 0 bridgehead atoms. The van der Waals surface area contributed by atoms with Gasteiger partial charge in [-0.1, -0.05) is 24.3 Å². The normalized spacial score (nSPS) is 13.9. The molecule has 1 N–H and O–H groups in total. The Morgan fingerprint density at radius 1 is 1.23 bits per heavy atom. The van der Waals surface area contributed by atoms with Crippen LogP contribution in [0.1, 0.15) is 33.7 Å². The molecule has 0 spiro atoms. The van der Waals surface area contributed by atoms with Crippen LogP contribution >= 0.6 is 0 Å². The Labute approximate surface area is 130 Å². The van der Waals surface area contributed by atoms with Crippen molar-refractivity contribution in [3.8, 4) is 0 Å². The highest BCUT2D eigenvalue weighted by Gasteiger charge is 2.17. The molecule has 0 saturated heterocycles. The lowest BCUT2D eigenvalue weighted by Gasteiger charge is -2.14. The first-order valence-corrected chi connectivity index (χ1v) is 7.58. The predicted molar refractivity (Wildman–Crippen MR) is 84.3 cm³/mol. The molecular weight excluding hydrogens is 276 g/mol. The van der Waals surface area contributed by atoms with Crippen LogP contribution in [-0.4, -0.2) is 33.9 Å². The summed E-state index contributed by atoms with van der Waals surface area (Å²) in [6.07, 6.45) is 2.36. The number of aryl methyl sites for hydroxylation is 1. The fraction of sp³-hybridized carbons (Fsp3) is 0.353. The third-order valence-corrected chi connectivity index (χ3v) is 3.88. The second-order valence-corrected chi connectivity index (χ2v) is 5.63. The third kappa shape index (κ3) is 3.49. The molecule has 5 heteroatoms. The fourth-order valence-electron chi connectivity index (χ4n) is 2.74. The average Bonchev–Trinajstić information content (AvgIpc) is 2.94. The zero-order chi connectivity index (χ0) is 15.4. The Bertz CT molecular complexity index is 646. The van der Waals surface area contributed by atoms with Gasteiger partial charge in [-0.25, -0.2) is 9.97 Å². The maximum Gasteiger partial charge on any atom is 0.270 e. The average molecular weight is 296 g/mol. The second-order valence-electron chi connectivity index (χ2n) is 5.63.